The van der Waals surface area contributed by atoms with Gasteiger partial charge in [0.25, 0.3) is 0 Å². The van der Waals surface area contributed by atoms with Crippen LogP contribution in [0.1, 0.15) is 28.1 Å². The third-order valence-corrected chi connectivity index (χ3v) is 5.86. The zero-order chi connectivity index (χ0) is 25.3. The fraction of sp³-hybridized carbons (Fsp3) is 0.200. The lowest BCUT2D eigenvalue weighted by atomic mass is 10.0. The van der Waals surface area contributed by atoms with Gasteiger partial charge in [-0.25, -0.2) is 14.8 Å². The van der Waals surface area contributed by atoms with Crippen LogP contribution in [0.3, 0.4) is 0 Å². The number of ether oxygens (including phenoxy) is 1. The average Bonchev–Trinajstić information content (AvgIpc) is 3.30. The Labute approximate surface area is 203 Å². The second-order valence-electron chi connectivity index (χ2n) is 8.21. The highest BCUT2D eigenvalue weighted by Crippen LogP contribution is 2.32. The first kappa shape index (κ1) is 23.3. The van der Waals surface area contributed by atoms with Crippen LogP contribution in [0.25, 0.3) is 10.9 Å². The first-order valence-corrected chi connectivity index (χ1v) is 11.0. The van der Waals surface area contributed by atoms with Crippen LogP contribution in [-0.2, 0) is 25.7 Å². The molecule has 3 heterocycles. The Morgan fingerprint density at radius 2 is 2.06 bits per heavy atom. The molecule has 0 fully saturated rings. The van der Waals surface area contributed by atoms with E-state index in [0.29, 0.717) is 23.2 Å². The van der Waals surface area contributed by atoms with E-state index in [0.717, 1.165) is 42.0 Å². The van der Waals surface area contributed by atoms with Crippen molar-refractivity contribution >= 4 is 22.6 Å². The van der Waals surface area contributed by atoms with Gasteiger partial charge in [0.15, 0.2) is 0 Å². The van der Waals surface area contributed by atoms with Crippen molar-refractivity contribution in [2.45, 2.75) is 25.7 Å². The van der Waals surface area contributed by atoms with Crippen LogP contribution in [0.2, 0.25) is 0 Å². The molecule has 1 amide bonds. The number of anilines is 1. The quantitative estimate of drug-likeness (QED) is 0.431. The van der Waals surface area contributed by atoms with Crippen LogP contribution in [0.4, 0.5) is 23.7 Å². The lowest BCUT2D eigenvalue weighted by molar-refractivity contribution is -0.137. The van der Waals surface area contributed by atoms with Gasteiger partial charge in [-0.15, -0.1) is 0 Å². The van der Waals surface area contributed by atoms with Crippen molar-refractivity contribution in [2.24, 2.45) is 0 Å². The number of nitrogens with one attached hydrogen (secondary N) is 2. The first-order chi connectivity index (χ1) is 17.3. The second-order valence-corrected chi connectivity index (χ2v) is 8.21. The summed E-state index contributed by atoms with van der Waals surface area (Å²) in [5.41, 5.74) is 2.08. The summed E-state index contributed by atoms with van der Waals surface area (Å²) < 4.78 is 46.7. The zero-order valence-corrected chi connectivity index (χ0v) is 18.8. The molecule has 0 unspecified atom stereocenters. The minimum absolute atomic E-state index is 0.128. The lowest BCUT2D eigenvalue weighted by Gasteiger charge is -2.18. The Balaban J connectivity index is 1.33. The molecule has 8 nitrogen and oxygen atoms in total. The highest BCUT2D eigenvalue weighted by molar-refractivity contribution is 5.99. The van der Waals surface area contributed by atoms with Crippen molar-refractivity contribution in [3.8, 4) is 11.8 Å². The number of hydrogen-bond acceptors (Lipinski definition) is 6. The number of aromatic nitrogens is 3. The number of nitrogens with zero attached hydrogens (tertiary/aromatic N) is 4. The minimum atomic E-state index is -4.65. The Kier molecular flexibility index (Phi) is 6.03. The van der Waals surface area contributed by atoms with Crippen LogP contribution < -0.4 is 15.4 Å². The van der Waals surface area contributed by atoms with E-state index >= 15 is 0 Å². The highest BCUT2D eigenvalue weighted by atomic mass is 19.4. The van der Waals surface area contributed by atoms with Crippen molar-refractivity contribution in [3.05, 3.63) is 83.1 Å². The van der Waals surface area contributed by atoms with Gasteiger partial charge < -0.3 is 15.4 Å². The smallest absolute Gasteiger partial charge is 0.416 e. The molecule has 11 heteroatoms. The van der Waals surface area contributed by atoms with Gasteiger partial charge in [0.1, 0.15) is 18.7 Å². The molecule has 1 aliphatic heterocycles. The summed E-state index contributed by atoms with van der Waals surface area (Å²) in [4.78, 5) is 21.5. The maximum atomic E-state index is 13.1. The zero-order valence-electron chi connectivity index (χ0n) is 18.8. The number of nitriles is 1. The van der Waals surface area contributed by atoms with Gasteiger partial charge in [0.2, 0.25) is 0 Å². The summed E-state index contributed by atoms with van der Waals surface area (Å²) in [6, 6.07) is 10.6. The molecular formula is C25H19F3N6O2. The largest absolute Gasteiger partial charge is 0.487 e. The minimum Gasteiger partial charge on any atom is -0.487 e. The molecule has 0 atom stereocenters. The van der Waals surface area contributed by atoms with Crippen LogP contribution in [-0.4, -0.2) is 27.1 Å². The highest BCUT2D eigenvalue weighted by Gasteiger charge is 2.31. The first-order valence-electron chi connectivity index (χ1n) is 11.0. The van der Waals surface area contributed by atoms with E-state index in [1.54, 1.807) is 30.3 Å². The number of carbonyl (C=O) groups is 1. The van der Waals surface area contributed by atoms with Crippen LogP contribution in [0, 0.1) is 11.3 Å². The van der Waals surface area contributed by atoms with Gasteiger partial charge >= 0.3 is 12.2 Å². The Hall–Kier alpha value is -4.43. The van der Waals surface area contributed by atoms with E-state index in [-0.39, 0.29) is 17.9 Å². The van der Waals surface area contributed by atoms with Crippen molar-refractivity contribution in [1.29, 1.82) is 5.26 Å². The molecule has 182 valence electrons. The molecule has 4 aromatic rings. The molecule has 1 aliphatic rings. The summed E-state index contributed by atoms with van der Waals surface area (Å²) in [6.07, 6.45) is -0.786. The molecule has 5 rings (SSSR count). The van der Waals surface area contributed by atoms with E-state index in [1.165, 1.54) is 23.2 Å². The van der Waals surface area contributed by atoms with Crippen LogP contribution in [0.15, 0.2) is 55.0 Å². The van der Waals surface area contributed by atoms with Gasteiger partial charge in [-0.05, 0) is 55.4 Å². The molecule has 0 bridgehead atoms. The summed E-state index contributed by atoms with van der Waals surface area (Å²) >= 11 is 0. The fourth-order valence-electron chi connectivity index (χ4n) is 4.13. The third kappa shape index (κ3) is 4.71. The third-order valence-electron chi connectivity index (χ3n) is 5.86. The summed E-state index contributed by atoms with van der Waals surface area (Å²) in [5.74, 6) is 0.582. The van der Waals surface area contributed by atoms with Gasteiger partial charge in [-0.3, -0.25) is 4.57 Å². The molecule has 0 saturated carbocycles. The number of amides is 1. The van der Waals surface area contributed by atoms with Gasteiger partial charge in [-0.2, -0.15) is 18.4 Å². The average molecular weight is 492 g/mol. The Bertz CT molecular complexity index is 1510. The van der Waals surface area contributed by atoms with Crippen molar-refractivity contribution in [1.82, 2.24) is 19.9 Å². The number of benzene rings is 2. The normalized spacial score (nSPS) is 13.2. The van der Waals surface area contributed by atoms with Crippen molar-refractivity contribution in [2.75, 3.05) is 11.9 Å². The van der Waals surface area contributed by atoms with Gasteiger partial charge in [0, 0.05) is 29.4 Å². The number of halogens is 3. The molecule has 0 aliphatic carbocycles. The second kappa shape index (κ2) is 9.31. The Morgan fingerprint density at radius 1 is 1.19 bits per heavy atom. The fourth-order valence-corrected chi connectivity index (χ4v) is 4.13. The summed E-state index contributed by atoms with van der Waals surface area (Å²) in [7, 11) is 0. The van der Waals surface area contributed by atoms with E-state index < -0.39 is 17.8 Å². The number of rotatable bonds is 4. The van der Waals surface area contributed by atoms with Gasteiger partial charge in [-0.1, -0.05) is 0 Å². The molecule has 36 heavy (non-hydrogen) atoms. The van der Waals surface area contributed by atoms with Crippen molar-refractivity contribution in [3.63, 3.8) is 0 Å². The summed E-state index contributed by atoms with van der Waals surface area (Å²) in [5, 5.41) is 15.5. The van der Waals surface area contributed by atoms with Crippen LogP contribution >= 0.6 is 0 Å². The van der Waals surface area contributed by atoms with Crippen LogP contribution in [0.5, 0.6) is 5.75 Å². The number of carbonyl (C=O) groups excluding carboxylic acids is 1. The lowest BCUT2D eigenvalue weighted by Crippen LogP contribution is -2.26. The maximum Gasteiger partial charge on any atom is 0.416 e. The molecular weight excluding hydrogens is 473 g/mol. The maximum absolute atomic E-state index is 13.1. The molecule has 0 spiro atoms. The number of hydrogen-bond donors (Lipinski definition) is 2. The van der Waals surface area contributed by atoms with E-state index in [4.69, 9.17) is 10.00 Å². The molecule has 2 aromatic heterocycles. The molecule has 2 N–H and O–H groups in total. The number of alkyl halides is 3. The van der Waals surface area contributed by atoms with E-state index in [2.05, 4.69) is 20.6 Å². The topological polar surface area (TPSA) is 105 Å². The standard InChI is InChI=1S/C25H19F3N6O2/c26-25(27,28)17-7-15(11-29)8-18(10-17)33-24(35)34-6-4-16-9-19(1-2-23(16)34)36-13-22-20-3-5-30-12-21(20)31-14-32-22/h1-2,4,6-10,14,30H,3,5,12-13H2,(H,33,35). The summed E-state index contributed by atoms with van der Waals surface area (Å²) in [6.45, 7) is 1.83. The Morgan fingerprint density at radius 3 is 2.86 bits per heavy atom. The van der Waals surface area contributed by atoms with Crippen molar-refractivity contribution < 1.29 is 22.7 Å². The predicted molar refractivity (Wildman–Crippen MR) is 124 cm³/mol. The SMILES string of the molecule is N#Cc1cc(NC(=O)n2ccc3cc(OCc4ncnc5c4CCNC5)ccc32)cc(C(F)(F)F)c1. The number of fused-ring (bicyclic) bond motifs is 2. The van der Waals surface area contributed by atoms with Gasteiger partial charge in [0.05, 0.1) is 34.1 Å². The van der Waals surface area contributed by atoms with E-state index in [9.17, 15) is 18.0 Å². The molecule has 0 saturated heterocycles. The molecule has 2 aromatic carbocycles. The predicted octanol–water partition coefficient (Wildman–Crippen LogP) is 4.63. The monoisotopic (exact) mass is 492 g/mol. The van der Waals surface area contributed by atoms with E-state index in [1.807, 2.05) is 0 Å². The molecule has 0 radical (unpaired) electrons.